The molecule has 0 saturated carbocycles. The highest BCUT2D eigenvalue weighted by Gasteiger charge is 2.14. The Labute approximate surface area is 278 Å². The number of hydrogen-bond acceptors (Lipinski definition) is 4. The van der Waals surface area contributed by atoms with Gasteiger partial charge in [0, 0.05) is 12.8 Å². The lowest BCUT2D eigenvalue weighted by Crippen LogP contribution is -2.28. The van der Waals surface area contributed by atoms with Crippen LogP contribution in [0.15, 0.2) is 12.2 Å². The van der Waals surface area contributed by atoms with Crippen molar-refractivity contribution in [1.29, 1.82) is 0 Å². The lowest BCUT2D eigenvalue weighted by Gasteiger charge is -2.18. The summed E-state index contributed by atoms with van der Waals surface area (Å²) < 4.78 is 5.95. The number of ether oxygens (including phenoxy) is 1. The van der Waals surface area contributed by atoms with Crippen LogP contribution in [-0.2, 0) is 19.1 Å². The molecule has 0 aromatic heterocycles. The molecule has 6 heteroatoms. The van der Waals surface area contributed by atoms with Gasteiger partial charge in [0.2, 0.25) is 5.91 Å². The summed E-state index contributed by atoms with van der Waals surface area (Å²) in [5, 5.41) is 11.1. The van der Waals surface area contributed by atoms with Gasteiger partial charge in [-0.05, 0) is 64.2 Å². The normalized spacial score (nSPS) is 12.0. The van der Waals surface area contributed by atoms with Crippen LogP contribution in [0.4, 0.5) is 0 Å². The van der Waals surface area contributed by atoms with Gasteiger partial charge in [0.15, 0.2) is 0 Å². The van der Waals surface area contributed by atoms with E-state index in [9.17, 15) is 14.4 Å². The molecule has 0 fully saturated rings. The number of hydrogen-bond donors (Lipinski definition) is 2. The molecule has 0 spiro atoms. The van der Waals surface area contributed by atoms with E-state index in [1.165, 1.54) is 122 Å². The molecule has 0 radical (unpaired) electrons. The van der Waals surface area contributed by atoms with Crippen molar-refractivity contribution in [3.8, 4) is 0 Å². The number of unbranched alkanes of at least 4 members (excludes halogenated alkanes) is 22. The molecule has 0 aromatic rings. The van der Waals surface area contributed by atoms with Gasteiger partial charge in [0.1, 0.15) is 12.6 Å². The summed E-state index contributed by atoms with van der Waals surface area (Å²) in [7, 11) is 0. The maximum absolute atomic E-state index is 12.6. The predicted octanol–water partition coefficient (Wildman–Crippen LogP) is 11.4. The van der Waals surface area contributed by atoms with Crippen LogP contribution in [-0.4, -0.2) is 35.6 Å². The maximum atomic E-state index is 12.6. The first-order chi connectivity index (χ1) is 22.0. The third-order valence-electron chi connectivity index (χ3n) is 8.69. The summed E-state index contributed by atoms with van der Waals surface area (Å²) in [4.78, 5) is 34.8. The van der Waals surface area contributed by atoms with Crippen molar-refractivity contribution in [2.45, 2.75) is 213 Å². The zero-order valence-corrected chi connectivity index (χ0v) is 29.7. The van der Waals surface area contributed by atoms with Crippen LogP contribution in [0, 0.1) is 0 Å². The summed E-state index contributed by atoms with van der Waals surface area (Å²) in [5.41, 5.74) is 0. The molecule has 6 nitrogen and oxygen atoms in total. The fourth-order valence-electron chi connectivity index (χ4n) is 5.80. The molecule has 0 bridgehead atoms. The first-order valence-corrected chi connectivity index (χ1v) is 19.3. The third kappa shape index (κ3) is 34.9. The van der Waals surface area contributed by atoms with Crippen molar-refractivity contribution < 1.29 is 24.2 Å². The van der Waals surface area contributed by atoms with Gasteiger partial charge in [-0.15, -0.1) is 0 Å². The topological polar surface area (TPSA) is 92.7 Å². The van der Waals surface area contributed by atoms with E-state index in [1.807, 2.05) is 0 Å². The van der Waals surface area contributed by atoms with Crippen molar-refractivity contribution in [2.75, 3.05) is 6.54 Å². The van der Waals surface area contributed by atoms with Crippen LogP contribution in [0.25, 0.3) is 0 Å². The molecular weight excluding hydrogens is 562 g/mol. The molecule has 0 aliphatic rings. The van der Waals surface area contributed by atoms with Gasteiger partial charge in [-0.2, -0.15) is 0 Å². The zero-order chi connectivity index (χ0) is 33.1. The number of carboxylic acid groups (broad SMARTS) is 1. The first kappa shape index (κ1) is 43.1. The number of nitrogens with one attached hydrogen (secondary N) is 1. The fourth-order valence-corrected chi connectivity index (χ4v) is 5.80. The van der Waals surface area contributed by atoms with Crippen LogP contribution in [0.1, 0.15) is 206 Å². The zero-order valence-electron chi connectivity index (χ0n) is 29.7. The summed E-state index contributed by atoms with van der Waals surface area (Å²) in [6, 6.07) is 0. The molecule has 2 N–H and O–H groups in total. The highest BCUT2D eigenvalue weighted by atomic mass is 16.5. The highest BCUT2D eigenvalue weighted by Crippen LogP contribution is 2.18. The molecular formula is C39H73NO5. The van der Waals surface area contributed by atoms with Gasteiger partial charge >= 0.3 is 11.9 Å². The molecule has 0 aliphatic heterocycles. The van der Waals surface area contributed by atoms with Gasteiger partial charge in [-0.3, -0.25) is 14.4 Å². The molecule has 1 unspecified atom stereocenters. The van der Waals surface area contributed by atoms with Gasteiger partial charge < -0.3 is 15.2 Å². The van der Waals surface area contributed by atoms with E-state index in [0.29, 0.717) is 12.8 Å². The van der Waals surface area contributed by atoms with Crippen LogP contribution in [0.5, 0.6) is 0 Å². The molecule has 0 rings (SSSR count). The van der Waals surface area contributed by atoms with E-state index < -0.39 is 5.97 Å². The van der Waals surface area contributed by atoms with Crippen LogP contribution in [0.2, 0.25) is 0 Å². The summed E-state index contributed by atoms with van der Waals surface area (Å²) in [5.74, 6) is -1.26. The molecule has 0 aromatic carbocycles. The van der Waals surface area contributed by atoms with Gasteiger partial charge in [-0.25, -0.2) is 0 Å². The van der Waals surface area contributed by atoms with E-state index in [-0.39, 0.29) is 24.5 Å². The Morgan fingerprint density at radius 1 is 0.556 bits per heavy atom. The second-order valence-electron chi connectivity index (χ2n) is 13.2. The molecule has 1 atom stereocenters. The number of allylic oxidation sites excluding steroid dienone is 2. The Kier molecular flexibility index (Phi) is 33.6. The number of esters is 1. The molecule has 0 aliphatic carbocycles. The minimum Gasteiger partial charge on any atom is -0.480 e. The fraction of sp³-hybridized carbons (Fsp3) is 0.872. The molecule has 45 heavy (non-hydrogen) atoms. The smallest absolute Gasteiger partial charge is 0.322 e. The van der Waals surface area contributed by atoms with E-state index >= 15 is 0 Å². The van der Waals surface area contributed by atoms with E-state index in [2.05, 4.69) is 31.3 Å². The van der Waals surface area contributed by atoms with Gasteiger partial charge in [-0.1, -0.05) is 142 Å². The number of aliphatic carboxylic acids is 1. The third-order valence-corrected chi connectivity index (χ3v) is 8.69. The lowest BCUT2D eigenvalue weighted by molar-refractivity contribution is -0.150. The molecule has 0 saturated heterocycles. The Balaban J connectivity index is 3.93. The van der Waals surface area contributed by atoms with Crippen molar-refractivity contribution in [3.05, 3.63) is 12.2 Å². The maximum Gasteiger partial charge on any atom is 0.322 e. The van der Waals surface area contributed by atoms with Crippen LogP contribution < -0.4 is 5.32 Å². The largest absolute Gasteiger partial charge is 0.480 e. The van der Waals surface area contributed by atoms with Crippen LogP contribution >= 0.6 is 0 Å². The molecule has 264 valence electrons. The van der Waals surface area contributed by atoms with Crippen molar-refractivity contribution in [3.63, 3.8) is 0 Å². The molecule has 1 amide bonds. The Bertz CT molecular complexity index is 708. The Morgan fingerprint density at radius 3 is 1.42 bits per heavy atom. The standard InChI is InChI=1S/C39H73NO5/c1-3-5-7-9-11-12-13-14-15-16-17-18-19-20-21-22-24-30-34-39(44)45-36(31-27-23-10-8-6-4-2)32-28-25-26-29-33-37(41)40-35-38(42)43/h15-16,36H,3-14,17-35H2,1-2H3,(H,40,41)(H,42,43)/b16-15-. The van der Waals surface area contributed by atoms with Crippen molar-refractivity contribution >= 4 is 17.8 Å². The average molecular weight is 636 g/mol. The van der Waals surface area contributed by atoms with Gasteiger partial charge in [0.25, 0.3) is 0 Å². The second kappa shape index (κ2) is 35.0. The second-order valence-corrected chi connectivity index (χ2v) is 13.2. The van der Waals surface area contributed by atoms with Gasteiger partial charge in [0.05, 0.1) is 0 Å². The lowest BCUT2D eigenvalue weighted by atomic mass is 10.0. The van der Waals surface area contributed by atoms with E-state index in [4.69, 9.17) is 9.84 Å². The Hall–Kier alpha value is -1.85. The summed E-state index contributed by atoms with van der Waals surface area (Å²) in [6.07, 6.45) is 39.1. The Morgan fingerprint density at radius 2 is 0.956 bits per heavy atom. The number of carboxylic acids is 1. The number of carbonyl (C=O) groups is 3. The minimum atomic E-state index is -1.02. The first-order valence-electron chi connectivity index (χ1n) is 19.3. The van der Waals surface area contributed by atoms with Crippen molar-refractivity contribution in [1.82, 2.24) is 5.32 Å². The van der Waals surface area contributed by atoms with E-state index in [0.717, 1.165) is 57.8 Å². The molecule has 0 heterocycles. The number of rotatable bonds is 35. The number of carbonyl (C=O) groups excluding carboxylic acids is 2. The predicted molar refractivity (Wildman–Crippen MR) is 190 cm³/mol. The highest BCUT2D eigenvalue weighted by molar-refractivity contribution is 5.80. The van der Waals surface area contributed by atoms with Crippen LogP contribution in [0.3, 0.4) is 0 Å². The summed E-state index contributed by atoms with van der Waals surface area (Å²) in [6.45, 7) is 4.19. The van der Waals surface area contributed by atoms with Crippen molar-refractivity contribution in [2.24, 2.45) is 0 Å². The number of amides is 1. The average Bonchev–Trinajstić information content (AvgIpc) is 3.02. The summed E-state index contributed by atoms with van der Waals surface area (Å²) >= 11 is 0. The quantitative estimate of drug-likeness (QED) is 0.0410. The minimum absolute atomic E-state index is 0.00661. The SMILES string of the molecule is CCCCCCCCC/C=C\CCCCCCCCCC(=O)OC(CCCCCCCC)CCCCCCC(=O)NCC(=O)O. The monoisotopic (exact) mass is 636 g/mol. The van der Waals surface area contributed by atoms with E-state index in [1.54, 1.807) is 0 Å².